The van der Waals surface area contributed by atoms with Crippen LogP contribution in [0.2, 0.25) is 0 Å². The Kier molecular flexibility index (Phi) is 6.16. The van der Waals surface area contributed by atoms with Crippen molar-refractivity contribution in [2.75, 3.05) is 13.1 Å². The maximum Gasteiger partial charge on any atom is 0.306 e. The summed E-state index contributed by atoms with van der Waals surface area (Å²) in [4.78, 5) is 23.5. The van der Waals surface area contributed by atoms with Crippen molar-refractivity contribution in [1.29, 1.82) is 0 Å². The lowest BCUT2D eigenvalue weighted by atomic mass is 9.81. The zero-order chi connectivity index (χ0) is 19.4. The van der Waals surface area contributed by atoms with Crippen molar-refractivity contribution in [3.8, 4) is 0 Å². The van der Waals surface area contributed by atoms with Gasteiger partial charge in [0.25, 0.3) is 0 Å². The molecule has 27 heavy (non-hydrogen) atoms. The van der Waals surface area contributed by atoms with Gasteiger partial charge in [0.05, 0.1) is 10.8 Å². The van der Waals surface area contributed by atoms with E-state index in [-0.39, 0.29) is 22.6 Å². The van der Waals surface area contributed by atoms with Gasteiger partial charge in [-0.05, 0) is 56.2 Å². The molecular weight excluding hydrogens is 368 g/mol. The number of carboxylic acids is 1. The summed E-state index contributed by atoms with van der Waals surface area (Å²) >= 11 is 0. The molecule has 1 aromatic carbocycles. The van der Waals surface area contributed by atoms with Gasteiger partial charge in [0, 0.05) is 25.6 Å². The average molecular weight is 394 g/mol. The highest BCUT2D eigenvalue weighted by Crippen LogP contribution is 2.29. The summed E-state index contributed by atoms with van der Waals surface area (Å²) in [6.07, 6.45) is 4.06. The molecule has 148 valence electrons. The summed E-state index contributed by atoms with van der Waals surface area (Å²) in [5.74, 6) is -1.32. The van der Waals surface area contributed by atoms with E-state index in [0.29, 0.717) is 45.3 Å². The van der Waals surface area contributed by atoms with Gasteiger partial charge in [-0.1, -0.05) is 12.1 Å². The van der Waals surface area contributed by atoms with E-state index in [0.717, 1.165) is 18.4 Å². The fourth-order valence-corrected chi connectivity index (χ4v) is 5.31. The van der Waals surface area contributed by atoms with E-state index < -0.39 is 16.0 Å². The van der Waals surface area contributed by atoms with E-state index in [2.05, 4.69) is 5.32 Å². The molecule has 1 saturated carbocycles. The molecule has 1 aliphatic carbocycles. The third-order valence-corrected chi connectivity index (χ3v) is 7.45. The lowest BCUT2D eigenvalue weighted by Gasteiger charge is -2.25. The van der Waals surface area contributed by atoms with Gasteiger partial charge in [0.2, 0.25) is 15.9 Å². The molecule has 0 radical (unpaired) electrons. The third-order valence-electron chi connectivity index (χ3n) is 5.54. The second-order valence-corrected chi connectivity index (χ2v) is 9.30. The van der Waals surface area contributed by atoms with Gasteiger partial charge < -0.3 is 10.4 Å². The Labute approximate surface area is 159 Å². The van der Waals surface area contributed by atoms with Crippen LogP contribution in [0.5, 0.6) is 0 Å². The standard InChI is InChI=1S/C19H26N2O5S/c22-18(15-5-7-16(8-6-15)19(23)24)20-13-14-3-9-17(10-4-14)27(25,26)21-11-1-2-12-21/h3-4,9-10,15-16H,1-2,5-8,11-13H2,(H,20,22)(H,23,24). The highest BCUT2D eigenvalue weighted by atomic mass is 32.2. The fraction of sp³-hybridized carbons (Fsp3) is 0.579. The van der Waals surface area contributed by atoms with Crippen LogP contribution in [0.1, 0.15) is 44.1 Å². The summed E-state index contributed by atoms with van der Waals surface area (Å²) in [5, 5.41) is 11.9. The normalized spacial score (nSPS) is 23.9. The molecule has 1 amide bonds. The maximum absolute atomic E-state index is 12.5. The second kappa shape index (κ2) is 8.39. The summed E-state index contributed by atoms with van der Waals surface area (Å²) in [5.41, 5.74) is 0.836. The monoisotopic (exact) mass is 394 g/mol. The molecule has 3 rings (SSSR count). The average Bonchev–Trinajstić information content (AvgIpc) is 3.22. The van der Waals surface area contributed by atoms with Gasteiger partial charge in [-0.3, -0.25) is 9.59 Å². The highest BCUT2D eigenvalue weighted by molar-refractivity contribution is 7.89. The molecule has 0 aromatic heterocycles. The third kappa shape index (κ3) is 4.68. The molecule has 0 bridgehead atoms. The van der Waals surface area contributed by atoms with Crippen LogP contribution in [0.25, 0.3) is 0 Å². The minimum atomic E-state index is -3.42. The molecule has 1 aromatic rings. The maximum atomic E-state index is 12.5. The van der Waals surface area contributed by atoms with Crippen LogP contribution in [-0.2, 0) is 26.2 Å². The number of benzene rings is 1. The molecule has 0 spiro atoms. The Hall–Kier alpha value is -1.93. The van der Waals surface area contributed by atoms with Gasteiger partial charge in [-0.2, -0.15) is 4.31 Å². The number of aliphatic carboxylic acids is 1. The van der Waals surface area contributed by atoms with Crippen LogP contribution >= 0.6 is 0 Å². The predicted molar refractivity (Wildman–Crippen MR) is 99.4 cm³/mol. The molecule has 8 heteroatoms. The molecule has 0 unspecified atom stereocenters. The van der Waals surface area contributed by atoms with Crippen LogP contribution < -0.4 is 5.32 Å². The van der Waals surface area contributed by atoms with Crippen molar-refractivity contribution in [3.05, 3.63) is 29.8 Å². The SMILES string of the molecule is O=C(O)C1CCC(C(=O)NCc2ccc(S(=O)(=O)N3CCCC3)cc2)CC1. The van der Waals surface area contributed by atoms with E-state index >= 15 is 0 Å². The Morgan fingerprint density at radius 1 is 1.00 bits per heavy atom. The minimum Gasteiger partial charge on any atom is -0.481 e. The van der Waals surface area contributed by atoms with E-state index in [1.54, 1.807) is 24.3 Å². The molecule has 1 aliphatic heterocycles. The number of rotatable bonds is 6. The molecule has 2 fully saturated rings. The molecule has 1 saturated heterocycles. The van der Waals surface area contributed by atoms with Gasteiger partial charge in [-0.15, -0.1) is 0 Å². The van der Waals surface area contributed by atoms with Crippen molar-refractivity contribution < 1.29 is 23.1 Å². The van der Waals surface area contributed by atoms with E-state index in [4.69, 9.17) is 5.11 Å². The summed E-state index contributed by atoms with van der Waals surface area (Å²) in [7, 11) is -3.42. The van der Waals surface area contributed by atoms with Crippen molar-refractivity contribution in [3.63, 3.8) is 0 Å². The number of nitrogens with one attached hydrogen (secondary N) is 1. The smallest absolute Gasteiger partial charge is 0.306 e. The largest absolute Gasteiger partial charge is 0.481 e. The van der Waals surface area contributed by atoms with E-state index in [1.165, 1.54) is 4.31 Å². The first-order chi connectivity index (χ1) is 12.9. The zero-order valence-corrected chi connectivity index (χ0v) is 16.1. The Morgan fingerprint density at radius 2 is 1.56 bits per heavy atom. The Morgan fingerprint density at radius 3 is 2.11 bits per heavy atom. The van der Waals surface area contributed by atoms with Crippen molar-refractivity contribution >= 4 is 21.9 Å². The number of carbonyl (C=O) groups is 2. The number of carbonyl (C=O) groups excluding carboxylic acids is 1. The van der Waals surface area contributed by atoms with Gasteiger partial charge in [0.15, 0.2) is 0 Å². The number of hydrogen-bond donors (Lipinski definition) is 2. The quantitative estimate of drug-likeness (QED) is 0.768. The first kappa shape index (κ1) is 19.8. The lowest BCUT2D eigenvalue weighted by Crippen LogP contribution is -2.34. The van der Waals surface area contributed by atoms with Crippen molar-refractivity contribution in [2.45, 2.75) is 50.0 Å². The van der Waals surface area contributed by atoms with Gasteiger partial charge >= 0.3 is 5.97 Å². The van der Waals surface area contributed by atoms with Crippen LogP contribution in [0, 0.1) is 11.8 Å². The molecule has 1 heterocycles. The first-order valence-corrected chi connectivity index (χ1v) is 10.9. The number of hydrogen-bond acceptors (Lipinski definition) is 4. The van der Waals surface area contributed by atoms with Crippen molar-refractivity contribution in [2.24, 2.45) is 11.8 Å². The molecule has 7 nitrogen and oxygen atoms in total. The molecule has 2 aliphatic rings. The van der Waals surface area contributed by atoms with Gasteiger partial charge in [-0.25, -0.2) is 8.42 Å². The number of amides is 1. The predicted octanol–water partition coefficient (Wildman–Crippen LogP) is 1.98. The molecule has 0 atom stereocenters. The van der Waals surface area contributed by atoms with Crippen LogP contribution in [0.15, 0.2) is 29.2 Å². The molecular formula is C19H26N2O5S. The number of nitrogens with zero attached hydrogens (tertiary/aromatic N) is 1. The van der Waals surface area contributed by atoms with Gasteiger partial charge in [0.1, 0.15) is 0 Å². The minimum absolute atomic E-state index is 0.0624. The number of carboxylic acid groups (broad SMARTS) is 1. The van der Waals surface area contributed by atoms with Crippen LogP contribution in [0.3, 0.4) is 0 Å². The number of sulfonamides is 1. The van der Waals surface area contributed by atoms with Crippen LogP contribution in [0.4, 0.5) is 0 Å². The first-order valence-electron chi connectivity index (χ1n) is 9.47. The summed E-state index contributed by atoms with van der Waals surface area (Å²) in [6, 6.07) is 6.63. The second-order valence-electron chi connectivity index (χ2n) is 7.36. The van der Waals surface area contributed by atoms with Crippen LogP contribution in [-0.4, -0.2) is 42.8 Å². The zero-order valence-electron chi connectivity index (χ0n) is 15.3. The topological polar surface area (TPSA) is 104 Å². The summed E-state index contributed by atoms with van der Waals surface area (Å²) < 4.78 is 26.5. The Bertz CT molecular complexity index is 777. The molecule has 2 N–H and O–H groups in total. The van der Waals surface area contributed by atoms with E-state index in [1.807, 2.05) is 0 Å². The highest BCUT2D eigenvalue weighted by Gasteiger charge is 2.30. The summed E-state index contributed by atoms with van der Waals surface area (Å²) in [6.45, 7) is 1.48. The van der Waals surface area contributed by atoms with Crippen molar-refractivity contribution in [1.82, 2.24) is 9.62 Å². The lowest BCUT2D eigenvalue weighted by molar-refractivity contribution is -0.144. The van der Waals surface area contributed by atoms with E-state index in [9.17, 15) is 18.0 Å². The Balaban J connectivity index is 1.51. The fourth-order valence-electron chi connectivity index (χ4n) is 3.79.